The van der Waals surface area contributed by atoms with Gasteiger partial charge in [-0.15, -0.1) is 0 Å². The van der Waals surface area contributed by atoms with Gasteiger partial charge in [-0.2, -0.15) is 0 Å². The van der Waals surface area contributed by atoms with Crippen LogP contribution in [0.25, 0.3) is 0 Å². The summed E-state index contributed by atoms with van der Waals surface area (Å²) in [6.45, 7) is 10.5. The van der Waals surface area contributed by atoms with E-state index in [9.17, 15) is 0 Å². The summed E-state index contributed by atoms with van der Waals surface area (Å²) >= 11 is 0. The normalized spacial score (nSPS) is 23.2. The highest BCUT2D eigenvalue weighted by Gasteiger charge is 2.23. The predicted octanol–water partition coefficient (Wildman–Crippen LogP) is 3.13. The summed E-state index contributed by atoms with van der Waals surface area (Å²) in [5, 5.41) is 0. The van der Waals surface area contributed by atoms with E-state index in [0.29, 0.717) is 12.0 Å². The van der Waals surface area contributed by atoms with E-state index in [0.717, 1.165) is 38.4 Å². The third-order valence-electron chi connectivity index (χ3n) is 4.78. The van der Waals surface area contributed by atoms with Crippen molar-refractivity contribution in [1.82, 2.24) is 4.90 Å². The van der Waals surface area contributed by atoms with E-state index in [2.05, 4.69) is 43.9 Å². The molecule has 2 rings (SSSR count). The Morgan fingerprint density at radius 3 is 2.76 bits per heavy atom. The van der Waals surface area contributed by atoms with Gasteiger partial charge in [0, 0.05) is 19.1 Å². The summed E-state index contributed by atoms with van der Waals surface area (Å²) in [6.07, 6.45) is 3.64. The van der Waals surface area contributed by atoms with Crippen LogP contribution in [0.1, 0.15) is 37.3 Å². The van der Waals surface area contributed by atoms with Gasteiger partial charge in [0.15, 0.2) is 0 Å². The second kappa shape index (κ2) is 7.81. The van der Waals surface area contributed by atoms with Gasteiger partial charge < -0.3 is 15.4 Å². The SMILES string of the molecule is Cc1ccc(OCCCN2CC(CN)CCC2C)cc1C. The van der Waals surface area contributed by atoms with Crippen LogP contribution in [0, 0.1) is 19.8 Å². The van der Waals surface area contributed by atoms with Crippen molar-refractivity contribution in [2.45, 2.75) is 46.1 Å². The molecule has 1 heterocycles. The molecule has 0 radical (unpaired) electrons. The lowest BCUT2D eigenvalue weighted by Crippen LogP contribution is -2.44. The zero-order valence-corrected chi connectivity index (χ0v) is 13.8. The van der Waals surface area contributed by atoms with Crippen molar-refractivity contribution in [3.63, 3.8) is 0 Å². The lowest BCUT2D eigenvalue weighted by molar-refractivity contribution is 0.113. The van der Waals surface area contributed by atoms with Crippen LogP contribution < -0.4 is 10.5 Å². The highest BCUT2D eigenvalue weighted by Crippen LogP contribution is 2.21. The first kappa shape index (κ1) is 16.3. The Labute approximate surface area is 129 Å². The Hall–Kier alpha value is -1.06. The van der Waals surface area contributed by atoms with Gasteiger partial charge in [-0.25, -0.2) is 0 Å². The molecular weight excluding hydrogens is 260 g/mol. The van der Waals surface area contributed by atoms with Crippen molar-refractivity contribution in [2.75, 3.05) is 26.2 Å². The van der Waals surface area contributed by atoms with Crippen LogP contribution in [0.5, 0.6) is 5.75 Å². The first-order valence-corrected chi connectivity index (χ1v) is 8.24. The van der Waals surface area contributed by atoms with Crippen molar-refractivity contribution in [1.29, 1.82) is 0 Å². The monoisotopic (exact) mass is 290 g/mol. The number of nitrogens with two attached hydrogens (primary N) is 1. The molecule has 0 bridgehead atoms. The number of nitrogens with zero attached hydrogens (tertiary/aromatic N) is 1. The number of hydrogen-bond acceptors (Lipinski definition) is 3. The average Bonchev–Trinajstić information content (AvgIpc) is 2.49. The number of ether oxygens (including phenoxy) is 1. The maximum Gasteiger partial charge on any atom is 0.119 e. The topological polar surface area (TPSA) is 38.5 Å². The number of rotatable bonds is 6. The van der Waals surface area contributed by atoms with Crippen molar-refractivity contribution in [3.8, 4) is 5.75 Å². The first-order valence-electron chi connectivity index (χ1n) is 8.24. The zero-order valence-electron chi connectivity index (χ0n) is 13.8. The maximum absolute atomic E-state index is 5.87. The Morgan fingerprint density at radius 2 is 2.05 bits per heavy atom. The van der Waals surface area contributed by atoms with Crippen molar-refractivity contribution >= 4 is 0 Å². The predicted molar refractivity (Wildman–Crippen MR) is 88.8 cm³/mol. The minimum Gasteiger partial charge on any atom is -0.494 e. The van der Waals surface area contributed by atoms with E-state index in [1.807, 2.05) is 0 Å². The highest BCUT2D eigenvalue weighted by molar-refractivity contribution is 5.33. The minimum atomic E-state index is 0.682. The summed E-state index contributed by atoms with van der Waals surface area (Å²) in [5.74, 6) is 1.67. The van der Waals surface area contributed by atoms with E-state index in [1.54, 1.807) is 0 Å². The second-order valence-corrected chi connectivity index (χ2v) is 6.47. The Kier molecular flexibility index (Phi) is 6.07. The van der Waals surface area contributed by atoms with E-state index >= 15 is 0 Å². The standard InChI is InChI=1S/C18H30N2O/c1-14-5-8-18(11-15(14)2)21-10-4-9-20-13-17(12-19)7-6-16(20)3/h5,8,11,16-17H,4,6-7,9-10,12-13,19H2,1-3H3. The molecule has 118 valence electrons. The summed E-state index contributed by atoms with van der Waals surface area (Å²) in [4.78, 5) is 2.57. The van der Waals surface area contributed by atoms with Gasteiger partial charge in [-0.05, 0) is 75.8 Å². The quantitative estimate of drug-likeness (QED) is 0.818. The molecule has 0 saturated carbocycles. The highest BCUT2D eigenvalue weighted by atomic mass is 16.5. The Balaban J connectivity index is 1.72. The third kappa shape index (κ3) is 4.72. The van der Waals surface area contributed by atoms with Crippen LogP contribution >= 0.6 is 0 Å². The largest absolute Gasteiger partial charge is 0.494 e. The number of aryl methyl sites for hydroxylation is 2. The molecule has 3 nitrogen and oxygen atoms in total. The minimum absolute atomic E-state index is 0.682. The maximum atomic E-state index is 5.87. The van der Waals surface area contributed by atoms with E-state index in [4.69, 9.17) is 10.5 Å². The Morgan fingerprint density at radius 1 is 1.24 bits per heavy atom. The number of benzene rings is 1. The van der Waals surface area contributed by atoms with Crippen molar-refractivity contribution in [3.05, 3.63) is 29.3 Å². The lowest BCUT2D eigenvalue weighted by atomic mass is 9.93. The van der Waals surface area contributed by atoms with Gasteiger partial charge in [0.1, 0.15) is 5.75 Å². The molecule has 1 aromatic rings. The van der Waals surface area contributed by atoms with Crippen molar-refractivity contribution in [2.24, 2.45) is 11.7 Å². The van der Waals surface area contributed by atoms with Gasteiger partial charge in [-0.1, -0.05) is 6.07 Å². The number of likely N-dealkylation sites (tertiary alicyclic amines) is 1. The van der Waals surface area contributed by atoms with E-state index in [-0.39, 0.29) is 0 Å². The molecule has 21 heavy (non-hydrogen) atoms. The first-order chi connectivity index (χ1) is 10.1. The molecule has 1 aromatic carbocycles. The van der Waals surface area contributed by atoms with E-state index in [1.165, 1.54) is 24.0 Å². The molecular formula is C18H30N2O. The molecule has 1 aliphatic heterocycles. The molecule has 0 aliphatic carbocycles. The summed E-state index contributed by atoms with van der Waals surface area (Å²) in [6, 6.07) is 7.01. The van der Waals surface area contributed by atoms with Crippen LogP contribution in [0.4, 0.5) is 0 Å². The molecule has 0 amide bonds. The van der Waals surface area contributed by atoms with Gasteiger partial charge in [-0.3, -0.25) is 0 Å². The fourth-order valence-corrected chi connectivity index (χ4v) is 3.03. The van der Waals surface area contributed by atoms with Crippen LogP contribution in [-0.4, -0.2) is 37.2 Å². The fourth-order valence-electron chi connectivity index (χ4n) is 3.03. The molecule has 1 fully saturated rings. The second-order valence-electron chi connectivity index (χ2n) is 6.47. The fraction of sp³-hybridized carbons (Fsp3) is 0.667. The molecule has 2 unspecified atom stereocenters. The molecule has 3 heteroatoms. The molecule has 0 spiro atoms. The van der Waals surface area contributed by atoms with Crippen LogP contribution in [0.15, 0.2) is 18.2 Å². The van der Waals surface area contributed by atoms with Gasteiger partial charge in [0.2, 0.25) is 0 Å². The molecule has 2 N–H and O–H groups in total. The number of piperidine rings is 1. The number of hydrogen-bond donors (Lipinski definition) is 1. The van der Waals surface area contributed by atoms with Crippen LogP contribution in [0.3, 0.4) is 0 Å². The van der Waals surface area contributed by atoms with E-state index < -0.39 is 0 Å². The molecule has 2 atom stereocenters. The summed E-state index contributed by atoms with van der Waals surface area (Å²) in [5.41, 5.74) is 8.43. The summed E-state index contributed by atoms with van der Waals surface area (Å²) < 4.78 is 5.87. The smallest absolute Gasteiger partial charge is 0.119 e. The third-order valence-corrected chi connectivity index (χ3v) is 4.78. The average molecular weight is 290 g/mol. The van der Waals surface area contributed by atoms with Gasteiger partial charge >= 0.3 is 0 Å². The zero-order chi connectivity index (χ0) is 15.2. The van der Waals surface area contributed by atoms with Crippen molar-refractivity contribution < 1.29 is 4.74 Å². The van der Waals surface area contributed by atoms with Gasteiger partial charge in [0.25, 0.3) is 0 Å². The molecule has 0 aromatic heterocycles. The van der Waals surface area contributed by atoms with Crippen LogP contribution in [0.2, 0.25) is 0 Å². The molecule has 1 saturated heterocycles. The molecule has 1 aliphatic rings. The lowest BCUT2D eigenvalue weighted by Gasteiger charge is -2.37. The van der Waals surface area contributed by atoms with Crippen LogP contribution in [-0.2, 0) is 0 Å². The summed E-state index contributed by atoms with van der Waals surface area (Å²) in [7, 11) is 0. The Bertz CT molecular complexity index is 447. The van der Waals surface area contributed by atoms with Gasteiger partial charge in [0.05, 0.1) is 6.61 Å².